The molecule has 4 nitrogen and oxygen atoms in total. The summed E-state index contributed by atoms with van der Waals surface area (Å²) in [5, 5.41) is 0. The molecular formula is C11H17N3O. The smallest absolute Gasteiger partial charge is 0.145 e. The fourth-order valence-corrected chi connectivity index (χ4v) is 1.90. The summed E-state index contributed by atoms with van der Waals surface area (Å²) in [7, 11) is 0. The van der Waals surface area contributed by atoms with E-state index in [4.69, 9.17) is 10.5 Å². The maximum Gasteiger partial charge on any atom is 0.145 e. The van der Waals surface area contributed by atoms with Gasteiger partial charge in [-0.3, -0.25) is 4.98 Å². The van der Waals surface area contributed by atoms with Crippen LogP contribution in [0.15, 0.2) is 6.20 Å². The molecular weight excluding hydrogens is 190 g/mol. The van der Waals surface area contributed by atoms with E-state index in [2.05, 4.69) is 9.97 Å². The van der Waals surface area contributed by atoms with E-state index in [1.165, 1.54) is 0 Å². The second-order valence-electron chi connectivity index (χ2n) is 3.87. The van der Waals surface area contributed by atoms with Crippen molar-refractivity contribution in [3.63, 3.8) is 0 Å². The third-order valence-corrected chi connectivity index (χ3v) is 2.87. The molecule has 0 aromatic carbocycles. The van der Waals surface area contributed by atoms with Crippen molar-refractivity contribution >= 4 is 5.82 Å². The van der Waals surface area contributed by atoms with Crippen LogP contribution < -0.4 is 5.73 Å². The summed E-state index contributed by atoms with van der Waals surface area (Å²) in [6.07, 6.45) is 4.74. The van der Waals surface area contributed by atoms with E-state index in [0.29, 0.717) is 11.7 Å². The lowest BCUT2D eigenvalue weighted by atomic mass is 9.97. The highest BCUT2D eigenvalue weighted by atomic mass is 16.5. The van der Waals surface area contributed by atoms with Crippen molar-refractivity contribution in [3.05, 3.63) is 17.6 Å². The van der Waals surface area contributed by atoms with Gasteiger partial charge in [-0.05, 0) is 19.3 Å². The van der Waals surface area contributed by atoms with Crippen LogP contribution in [0.1, 0.15) is 37.1 Å². The van der Waals surface area contributed by atoms with Gasteiger partial charge in [0.15, 0.2) is 0 Å². The van der Waals surface area contributed by atoms with Crippen LogP contribution in [0.4, 0.5) is 5.82 Å². The molecule has 0 unspecified atom stereocenters. The van der Waals surface area contributed by atoms with Gasteiger partial charge >= 0.3 is 0 Å². The fraction of sp³-hybridized carbons (Fsp3) is 0.636. The number of anilines is 1. The zero-order valence-electron chi connectivity index (χ0n) is 9.07. The van der Waals surface area contributed by atoms with Gasteiger partial charge < -0.3 is 10.5 Å². The van der Waals surface area contributed by atoms with Crippen molar-refractivity contribution in [1.29, 1.82) is 0 Å². The lowest BCUT2D eigenvalue weighted by Gasteiger charge is -2.21. The van der Waals surface area contributed by atoms with E-state index in [1.54, 1.807) is 0 Å². The number of aryl methyl sites for hydroxylation is 1. The third kappa shape index (κ3) is 2.26. The molecule has 2 rings (SSSR count). The molecule has 82 valence electrons. The van der Waals surface area contributed by atoms with Crippen LogP contribution >= 0.6 is 0 Å². The molecule has 2 heterocycles. The van der Waals surface area contributed by atoms with Crippen molar-refractivity contribution in [3.8, 4) is 0 Å². The van der Waals surface area contributed by atoms with Crippen molar-refractivity contribution < 1.29 is 4.74 Å². The van der Waals surface area contributed by atoms with Crippen LogP contribution in [0, 0.1) is 0 Å². The largest absolute Gasteiger partial charge is 0.382 e. The van der Waals surface area contributed by atoms with E-state index in [0.717, 1.165) is 43.9 Å². The molecule has 0 spiro atoms. The third-order valence-electron chi connectivity index (χ3n) is 2.87. The molecule has 1 aromatic rings. The Morgan fingerprint density at radius 3 is 2.87 bits per heavy atom. The van der Waals surface area contributed by atoms with E-state index < -0.39 is 0 Å². The van der Waals surface area contributed by atoms with Crippen molar-refractivity contribution in [2.45, 2.75) is 32.1 Å². The second kappa shape index (κ2) is 4.57. The van der Waals surface area contributed by atoms with Gasteiger partial charge in [0.2, 0.25) is 0 Å². The minimum Gasteiger partial charge on any atom is -0.382 e. The molecule has 1 fully saturated rings. The number of nitrogens with zero attached hydrogens (tertiary/aromatic N) is 2. The molecule has 0 amide bonds. The molecule has 0 bridgehead atoms. The highest BCUT2D eigenvalue weighted by Gasteiger charge is 2.18. The van der Waals surface area contributed by atoms with Crippen LogP contribution in [0.5, 0.6) is 0 Å². The average Bonchev–Trinajstić information content (AvgIpc) is 2.31. The summed E-state index contributed by atoms with van der Waals surface area (Å²) in [6, 6.07) is 0. The van der Waals surface area contributed by atoms with E-state index >= 15 is 0 Å². The Kier molecular flexibility index (Phi) is 3.16. The number of nitrogen functional groups attached to an aromatic ring is 1. The van der Waals surface area contributed by atoms with Crippen molar-refractivity contribution in [1.82, 2.24) is 9.97 Å². The van der Waals surface area contributed by atoms with E-state index in [1.807, 2.05) is 13.1 Å². The zero-order valence-corrected chi connectivity index (χ0v) is 9.07. The molecule has 0 aliphatic carbocycles. The van der Waals surface area contributed by atoms with Gasteiger partial charge in [0.05, 0.1) is 17.6 Å². The molecule has 2 N–H and O–H groups in total. The van der Waals surface area contributed by atoms with E-state index in [-0.39, 0.29) is 0 Å². The highest BCUT2D eigenvalue weighted by molar-refractivity contribution is 5.34. The Labute approximate surface area is 89.9 Å². The monoisotopic (exact) mass is 207 g/mol. The van der Waals surface area contributed by atoms with Gasteiger partial charge in [0.1, 0.15) is 5.82 Å². The molecule has 0 saturated carbocycles. The predicted octanol–water partition coefficient (Wildman–Crippen LogP) is 1.52. The molecule has 0 radical (unpaired) electrons. The topological polar surface area (TPSA) is 61.0 Å². The minimum atomic E-state index is 0.497. The van der Waals surface area contributed by atoms with Gasteiger partial charge in [-0.1, -0.05) is 6.92 Å². The van der Waals surface area contributed by atoms with Gasteiger partial charge in [-0.2, -0.15) is 0 Å². The molecule has 1 saturated heterocycles. The molecule has 15 heavy (non-hydrogen) atoms. The molecule has 0 atom stereocenters. The second-order valence-corrected chi connectivity index (χ2v) is 3.87. The Hall–Kier alpha value is -1.16. The summed E-state index contributed by atoms with van der Waals surface area (Å²) in [4.78, 5) is 8.77. The number of rotatable bonds is 2. The first-order chi connectivity index (χ1) is 7.31. The van der Waals surface area contributed by atoms with Crippen molar-refractivity contribution in [2.24, 2.45) is 0 Å². The normalized spacial score (nSPS) is 17.9. The van der Waals surface area contributed by atoms with Crippen LogP contribution in [0.2, 0.25) is 0 Å². The lowest BCUT2D eigenvalue weighted by Crippen LogP contribution is -2.16. The van der Waals surface area contributed by atoms with E-state index in [9.17, 15) is 0 Å². The number of hydrogen-bond acceptors (Lipinski definition) is 4. The van der Waals surface area contributed by atoms with Gasteiger partial charge in [-0.15, -0.1) is 0 Å². The molecule has 4 heteroatoms. The Balaban J connectivity index is 2.20. The van der Waals surface area contributed by atoms with Crippen molar-refractivity contribution in [2.75, 3.05) is 18.9 Å². The fourth-order valence-electron chi connectivity index (χ4n) is 1.90. The summed E-state index contributed by atoms with van der Waals surface area (Å²) in [5.41, 5.74) is 7.72. The number of hydrogen-bond donors (Lipinski definition) is 1. The lowest BCUT2D eigenvalue weighted by molar-refractivity contribution is 0.0844. The summed E-state index contributed by atoms with van der Waals surface area (Å²) >= 11 is 0. The summed E-state index contributed by atoms with van der Waals surface area (Å²) < 4.78 is 5.33. The first-order valence-electron chi connectivity index (χ1n) is 5.50. The Bertz CT molecular complexity index is 335. The standard InChI is InChI=1S/C11H17N3O/c1-2-9-11(12)13-7-10(14-9)8-3-5-15-6-4-8/h7-8H,2-6H2,1H3,(H2,12,13). The minimum absolute atomic E-state index is 0.497. The van der Waals surface area contributed by atoms with Crippen LogP contribution in [0.25, 0.3) is 0 Å². The predicted molar refractivity (Wildman–Crippen MR) is 58.6 cm³/mol. The highest BCUT2D eigenvalue weighted by Crippen LogP contribution is 2.25. The maximum absolute atomic E-state index is 5.73. The number of nitrogens with two attached hydrogens (primary N) is 1. The molecule has 1 aliphatic rings. The zero-order chi connectivity index (χ0) is 10.7. The van der Waals surface area contributed by atoms with Gasteiger partial charge in [0.25, 0.3) is 0 Å². The van der Waals surface area contributed by atoms with Gasteiger partial charge in [0, 0.05) is 19.1 Å². The average molecular weight is 207 g/mol. The molecule has 1 aliphatic heterocycles. The van der Waals surface area contributed by atoms with Gasteiger partial charge in [-0.25, -0.2) is 4.98 Å². The number of ether oxygens (including phenoxy) is 1. The quantitative estimate of drug-likeness (QED) is 0.798. The first-order valence-corrected chi connectivity index (χ1v) is 5.50. The Morgan fingerprint density at radius 2 is 2.20 bits per heavy atom. The Morgan fingerprint density at radius 1 is 1.47 bits per heavy atom. The number of aromatic nitrogens is 2. The SMILES string of the molecule is CCc1nc(C2CCOCC2)cnc1N. The first kappa shape index (κ1) is 10.4. The summed E-state index contributed by atoms with van der Waals surface area (Å²) in [6.45, 7) is 3.71. The van der Waals surface area contributed by atoms with Crippen LogP contribution in [0.3, 0.4) is 0 Å². The summed E-state index contributed by atoms with van der Waals surface area (Å²) in [5.74, 6) is 1.06. The van der Waals surface area contributed by atoms with Crippen LogP contribution in [-0.4, -0.2) is 23.2 Å². The maximum atomic E-state index is 5.73. The van der Waals surface area contributed by atoms with Crippen LogP contribution in [-0.2, 0) is 11.2 Å². The molecule has 1 aromatic heterocycles.